The van der Waals surface area contributed by atoms with E-state index >= 15 is 0 Å². The highest BCUT2D eigenvalue weighted by atomic mass is 16.7. The average Bonchev–Trinajstić information content (AvgIpc) is 2.27. The van der Waals surface area contributed by atoms with Gasteiger partial charge in [-0.15, -0.1) is 0 Å². The zero-order chi connectivity index (χ0) is 12.4. The van der Waals surface area contributed by atoms with E-state index in [1.165, 1.54) is 26.1 Å². The number of quaternary nitrogens is 1. The first-order chi connectivity index (χ1) is 7.54. The summed E-state index contributed by atoms with van der Waals surface area (Å²) in [5.41, 5.74) is 0. The summed E-state index contributed by atoms with van der Waals surface area (Å²) in [4.78, 5) is 10.1. The fourth-order valence-electron chi connectivity index (χ4n) is 1.65. The van der Waals surface area contributed by atoms with Crippen LogP contribution in [0.3, 0.4) is 0 Å². The number of carbonyl (C=O) groups is 1. The van der Waals surface area contributed by atoms with Crippen molar-refractivity contribution in [3.05, 3.63) is 0 Å². The minimum atomic E-state index is -1.17. The van der Waals surface area contributed by atoms with Gasteiger partial charge in [-0.3, -0.25) is 0 Å². The van der Waals surface area contributed by atoms with E-state index in [2.05, 4.69) is 25.6 Å². The molecule has 0 aromatic rings. The van der Waals surface area contributed by atoms with Gasteiger partial charge in [0.15, 0.2) is 0 Å². The van der Waals surface area contributed by atoms with Gasteiger partial charge < -0.3 is 14.3 Å². The molecule has 0 amide bonds. The number of unbranched alkanes of at least 4 members (excludes halogenated alkanes) is 3. The summed E-state index contributed by atoms with van der Waals surface area (Å²) < 4.78 is 5.57. The third kappa shape index (κ3) is 7.51. The summed E-state index contributed by atoms with van der Waals surface area (Å²) in [5.74, 6) is 0. The fourth-order valence-corrected chi connectivity index (χ4v) is 1.65. The number of carboxylic acid groups (broad SMARTS) is 1. The van der Waals surface area contributed by atoms with Gasteiger partial charge in [0, 0.05) is 0 Å². The molecule has 0 fully saturated rings. The van der Waals surface area contributed by atoms with E-state index in [1.54, 1.807) is 0 Å². The summed E-state index contributed by atoms with van der Waals surface area (Å²) in [6.45, 7) is 8.36. The quantitative estimate of drug-likeness (QED) is 0.378. The van der Waals surface area contributed by atoms with E-state index in [9.17, 15) is 4.79 Å². The van der Waals surface area contributed by atoms with Gasteiger partial charge in [0.25, 0.3) is 0 Å². The lowest BCUT2D eigenvalue weighted by Crippen LogP contribution is -2.44. The maximum absolute atomic E-state index is 10.1. The lowest BCUT2D eigenvalue weighted by molar-refractivity contribution is -0.906. The third-order valence-electron chi connectivity index (χ3n) is 3.34. The molecule has 96 valence electrons. The second-order valence-electron chi connectivity index (χ2n) is 4.50. The maximum atomic E-state index is 10.1. The molecule has 0 saturated heterocycles. The highest BCUT2D eigenvalue weighted by Gasteiger charge is 2.14. The van der Waals surface area contributed by atoms with Crippen molar-refractivity contribution in [2.45, 2.75) is 39.5 Å². The van der Waals surface area contributed by atoms with Crippen molar-refractivity contribution in [1.29, 1.82) is 0 Å². The lowest BCUT2D eigenvalue weighted by Gasteiger charge is -2.32. The van der Waals surface area contributed by atoms with Gasteiger partial charge in [-0.25, -0.2) is 4.79 Å². The van der Waals surface area contributed by atoms with Gasteiger partial charge in [-0.2, -0.15) is 0 Å². The Kier molecular flexibility index (Phi) is 7.99. The van der Waals surface area contributed by atoms with Gasteiger partial charge in [0.05, 0.1) is 33.3 Å². The second-order valence-corrected chi connectivity index (χ2v) is 4.50. The van der Waals surface area contributed by atoms with Crippen molar-refractivity contribution >= 4 is 6.16 Å². The van der Waals surface area contributed by atoms with Crippen LogP contribution in [0.5, 0.6) is 0 Å². The van der Waals surface area contributed by atoms with Crippen LogP contribution in [0, 0.1) is 0 Å². The van der Waals surface area contributed by atoms with Crippen LogP contribution in [0.1, 0.15) is 39.5 Å². The Labute approximate surface area is 98.8 Å². The van der Waals surface area contributed by atoms with E-state index in [4.69, 9.17) is 5.11 Å². The molecule has 0 radical (unpaired) electrons. The second kappa shape index (κ2) is 8.39. The predicted molar refractivity (Wildman–Crippen MR) is 64.6 cm³/mol. The van der Waals surface area contributed by atoms with Crippen LogP contribution in [0.15, 0.2) is 0 Å². The topological polar surface area (TPSA) is 46.5 Å². The minimum absolute atomic E-state index is 0.336. The first-order valence-corrected chi connectivity index (χ1v) is 6.23. The largest absolute Gasteiger partial charge is 0.505 e. The van der Waals surface area contributed by atoms with Gasteiger partial charge in [-0.1, -0.05) is 0 Å². The van der Waals surface area contributed by atoms with Crippen molar-refractivity contribution in [2.24, 2.45) is 0 Å². The van der Waals surface area contributed by atoms with Crippen molar-refractivity contribution < 1.29 is 19.1 Å². The van der Waals surface area contributed by atoms with Crippen molar-refractivity contribution in [3.63, 3.8) is 0 Å². The third-order valence-corrected chi connectivity index (χ3v) is 3.34. The standard InChI is InChI=1S/C12H25NO3/c1-4-13(3,5-2)10-8-6-7-9-11-16-12(14)15/h4-11H2,1-3H3/p+1. The average molecular weight is 232 g/mol. The van der Waals surface area contributed by atoms with E-state index in [0.29, 0.717) is 6.61 Å². The summed E-state index contributed by atoms with van der Waals surface area (Å²) in [6.07, 6.45) is 3.11. The molecular formula is C12H26NO3+. The zero-order valence-corrected chi connectivity index (χ0v) is 10.9. The monoisotopic (exact) mass is 232 g/mol. The molecule has 0 saturated carbocycles. The van der Waals surface area contributed by atoms with E-state index in [-0.39, 0.29) is 0 Å². The number of nitrogens with zero attached hydrogens (tertiary/aromatic N) is 1. The summed E-state index contributed by atoms with van der Waals surface area (Å²) >= 11 is 0. The molecule has 0 atom stereocenters. The van der Waals surface area contributed by atoms with Gasteiger partial charge in [0.1, 0.15) is 0 Å². The Balaban J connectivity index is 3.36. The normalized spacial score (nSPS) is 11.4. The van der Waals surface area contributed by atoms with Crippen molar-refractivity contribution in [1.82, 2.24) is 0 Å². The molecule has 0 bridgehead atoms. The fraction of sp³-hybridized carbons (Fsp3) is 0.917. The van der Waals surface area contributed by atoms with Gasteiger partial charge in [0.2, 0.25) is 0 Å². The Hall–Kier alpha value is -0.770. The molecule has 1 N–H and O–H groups in total. The summed E-state index contributed by atoms with van der Waals surface area (Å²) in [6, 6.07) is 0. The predicted octanol–water partition coefficient (Wildman–Crippen LogP) is 2.73. The summed E-state index contributed by atoms with van der Waals surface area (Å²) in [7, 11) is 2.29. The van der Waals surface area contributed by atoms with Crippen LogP contribution in [0.4, 0.5) is 4.79 Å². The number of ether oxygens (including phenoxy) is 1. The molecule has 4 heteroatoms. The molecule has 0 unspecified atom stereocenters. The van der Waals surface area contributed by atoms with E-state index in [0.717, 1.165) is 23.7 Å². The van der Waals surface area contributed by atoms with Crippen LogP contribution in [-0.4, -0.2) is 49.0 Å². The molecule has 0 aromatic carbocycles. The first kappa shape index (κ1) is 15.2. The maximum Gasteiger partial charge on any atom is 0.505 e. The molecule has 0 aliphatic heterocycles. The summed E-state index contributed by atoms with van der Waals surface area (Å²) in [5, 5.41) is 8.26. The van der Waals surface area contributed by atoms with Gasteiger partial charge >= 0.3 is 6.16 Å². The molecular weight excluding hydrogens is 206 g/mol. The Morgan fingerprint density at radius 1 is 1.12 bits per heavy atom. The van der Waals surface area contributed by atoms with Crippen LogP contribution in [0.2, 0.25) is 0 Å². The van der Waals surface area contributed by atoms with Crippen molar-refractivity contribution in [2.75, 3.05) is 33.3 Å². The number of rotatable bonds is 9. The molecule has 0 aliphatic rings. The molecule has 0 spiro atoms. The smallest absolute Gasteiger partial charge is 0.450 e. The Morgan fingerprint density at radius 2 is 1.69 bits per heavy atom. The molecule has 0 aromatic heterocycles. The number of hydrogen-bond donors (Lipinski definition) is 1. The Bertz CT molecular complexity index is 191. The molecule has 0 aliphatic carbocycles. The van der Waals surface area contributed by atoms with Crippen molar-refractivity contribution in [3.8, 4) is 0 Å². The van der Waals surface area contributed by atoms with E-state index in [1.807, 2.05) is 0 Å². The lowest BCUT2D eigenvalue weighted by atomic mass is 10.2. The minimum Gasteiger partial charge on any atom is -0.450 e. The van der Waals surface area contributed by atoms with E-state index < -0.39 is 6.16 Å². The highest BCUT2D eigenvalue weighted by molar-refractivity contribution is 5.56. The number of hydrogen-bond acceptors (Lipinski definition) is 2. The van der Waals surface area contributed by atoms with Crippen LogP contribution < -0.4 is 0 Å². The molecule has 0 heterocycles. The SMILES string of the molecule is CC[N+](C)(CC)CCCCCCOC(=O)O. The highest BCUT2D eigenvalue weighted by Crippen LogP contribution is 2.07. The Morgan fingerprint density at radius 3 is 2.19 bits per heavy atom. The van der Waals surface area contributed by atoms with Crippen LogP contribution in [0.25, 0.3) is 0 Å². The molecule has 0 rings (SSSR count). The molecule has 16 heavy (non-hydrogen) atoms. The zero-order valence-electron chi connectivity index (χ0n) is 10.9. The molecule has 4 nitrogen and oxygen atoms in total. The van der Waals surface area contributed by atoms with Crippen LogP contribution >= 0.6 is 0 Å². The van der Waals surface area contributed by atoms with Crippen LogP contribution in [-0.2, 0) is 4.74 Å². The van der Waals surface area contributed by atoms with Gasteiger partial charge in [-0.05, 0) is 39.5 Å². The first-order valence-electron chi connectivity index (χ1n) is 6.23.